The molecule has 0 spiro atoms. The fourth-order valence-corrected chi connectivity index (χ4v) is 3.15. The third kappa shape index (κ3) is 5.23. The first-order valence-corrected chi connectivity index (χ1v) is 9.41. The average Bonchev–Trinajstić information content (AvgIpc) is 3.11. The normalized spacial score (nSPS) is 16.5. The summed E-state index contributed by atoms with van der Waals surface area (Å²) in [7, 11) is 1.72. The number of aryl methyl sites for hydroxylation is 1. The van der Waals surface area contributed by atoms with Crippen LogP contribution in [0.15, 0.2) is 46.1 Å². The number of ether oxygens (including phenoxy) is 1. The molecule has 0 radical (unpaired) electrons. The summed E-state index contributed by atoms with van der Waals surface area (Å²) < 4.78 is 10.8. The van der Waals surface area contributed by atoms with Crippen LogP contribution in [-0.4, -0.2) is 61.8 Å². The van der Waals surface area contributed by atoms with E-state index in [1.54, 1.807) is 13.4 Å². The minimum Gasteiger partial charge on any atom is -0.467 e. The number of aromatic nitrogens is 1. The van der Waals surface area contributed by atoms with Gasteiger partial charge in [-0.05, 0) is 37.6 Å². The topological polar surface area (TPSA) is 66.1 Å². The summed E-state index contributed by atoms with van der Waals surface area (Å²) in [6.45, 7) is 8.90. The van der Waals surface area contributed by atoms with Gasteiger partial charge in [-0.1, -0.05) is 6.07 Å². The fourth-order valence-electron chi connectivity index (χ4n) is 3.15. The van der Waals surface area contributed by atoms with Gasteiger partial charge < -0.3 is 24.3 Å². The first kappa shape index (κ1) is 19.2. The number of furan rings is 1. The molecule has 1 saturated heterocycles. The van der Waals surface area contributed by atoms with Crippen molar-refractivity contribution in [3.63, 3.8) is 0 Å². The van der Waals surface area contributed by atoms with Gasteiger partial charge in [0.25, 0.3) is 0 Å². The first-order valence-electron chi connectivity index (χ1n) is 9.41. The molecule has 0 amide bonds. The highest BCUT2D eigenvalue weighted by atomic mass is 16.5. The van der Waals surface area contributed by atoms with Crippen molar-refractivity contribution in [2.45, 2.75) is 26.4 Å². The van der Waals surface area contributed by atoms with Crippen molar-refractivity contribution in [2.24, 2.45) is 4.99 Å². The number of nitrogens with one attached hydrogen (secondary N) is 1. The lowest BCUT2D eigenvalue weighted by Gasteiger charge is -2.37. The minimum atomic E-state index is 0.181. The Hall–Kier alpha value is -2.54. The van der Waals surface area contributed by atoms with Gasteiger partial charge in [-0.15, -0.1) is 0 Å². The van der Waals surface area contributed by atoms with Gasteiger partial charge >= 0.3 is 0 Å². The van der Waals surface area contributed by atoms with Crippen molar-refractivity contribution in [1.82, 2.24) is 15.2 Å². The first-order chi connectivity index (χ1) is 13.2. The summed E-state index contributed by atoms with van der Waals surface area (Å²) in [4.78, 5) is 13.9. The lowest BCUT2D eigenvalue weighted by Crippen LogP contribution is -2.54. The molecule has 146 valence electrons. The second-order valence-corrected chi connectivity index (χ2v) is 6.83. The quantitative estimate of drug-likeness (QED) is 0.621. The zero-order valence-corrected chi connectivity index (χ0v) is 16.4. The number of pyridine rings is 1. The molecule has 7 nitrogen and oxygen atoms in total. The molecular weight excluding hydrogens is 342 g/mol. The third-order valence-corrected chi connectivity index (χ3v) is 4.69. The molecule has 7 heteroatoms. The van der Waals surface area contributed by atoms with Gasteiger partial charge in [-0.2, -0.15) is 0 Å². The van der Waals surface area contributed by atoms with E-state index in [2.05, 4.69) is 33.1 Å². The molecule has 1 atom stereocenters. The number of nitrogens with zero attached hydrogens (tertiary/aromatic N) is 4. The second-order valence-electron chi connectivity index (χ2n) is 6.83. The summed E-state index contributed by atoms with van der Waals surface area (Å²) in [6.07, 6.45) is 3.56. The van der Waals surface area contributed by atoms with Crippen LogP contribution in [0.1, 0.15) is 18.2 Å². The van der Waals surface area contributed by atoms with Crippen LogP contribution in [0.4, 0.5) is 5.82 Å². The number of rotatable bonds is 6. The highest BCUT2D eigenvalue weighted by Crippen LogP contribution is 2.14. The Morgan fingerprint density at radius 3 is 2.74 bits per heavy atom. The fraction of sp³-hybridized carbons (Fsp3) is 0.500. The van der Waals surface area contributed by atoms with Crippen LogP contribution in [0.5, 0.6) is 0 Å². The highest BCUT2D eigenvalue weighted by Gasteiger charge is 2.21. The maximum atomic E-state index is 5.53. The number of aliphatic imine (C=N–C) groups is 1. The van der Waals surface area contributed by atoms with Gasteiger partial charge in [0, 0.05) is 45.5 Å². The molecule has 3 rings (SSSR count). The molecule has 0 saturated carbocycles. The number of anilines is 1. The van der Waals surface area contributed by atoms with Crippen LogP contribution in [0.25, 0.3) is 0 Å². The van der Waals surface area contributed by atoms with E-state index < -0.39 is 0 Å². The Morgan fingerprint density at radius 1 is 1.30 bits per heavy atom. The molecule has 1 fully saturated rings. The Kier molecular flexibility index (Phi) is 6.70. The van der Waals surface area contributed by atoms with E-state index in [1.165, 1.54) is 0 Å². The molecule has 27 heavy (non-hydrogen) atoms. The van der Waals surface area contributed by atoms with Crippen LogP contribution < -0.4 is 10.2 Å². The van der Waals surface area contributed by atoms with Gasteiger partial charge in [0.05, 0.1) is 12.9 Å². The van der Waals surface area contributed by atoms with Gasteiger partial charge in [-0.25, -0.2) is 9.98 Å². The molecule has 0 bridgehead atoms. The average molecular weight is 371 g/mol. The molecule has 1 unspecified atom stereocenters. The number of piperazine rings is 1. The van der Waals surface area contributed by atoms with E-state index in [4.69, 9.17) is 14.1 Å². The Balaban J connectivity index is 1.66. The van der Waals surface area contributed by atoms with Gasteiger partial charge in [0.1, 0.15) is 18.1 Å². The van der Waals surface area contributed by atoms with E-state index in [0.29, 0.717) is 13.2 Å². The van der Waals surface area contributed by atoms with Crippen molar-refractivity contribution in [3.05, 3.63) is 48.0 Å². The summed E-state index contributed by atoms with van der Waals surface area (Å²) in [5.74, 6) is 2.83. The molecule has 1 aliphatic heterocycles. The lowest BCUT2D eigenvalue weighted by molar-refractivity contribution is 0.177. The number of hydrogen-bond acceptors (Lipinski definition) is 5. The molecule has 2 aromatic rings. The van der Waals surface area contributed by atoms with Crippen molar-refractivity contribution in [3.8, 4) is 0 Å². The molecule has 1 aliphatic rings. The van der Waals surface area contributed by atoms with E-state index in [-0.39, 0.29) is 6.04 Å². The highest BCUT2D eigenvalue weighted by molar-refractivity contribution is 5.80. The Bertz CT molecular complexity index is 723. The zero-order chi connectivity index (χ0) is 19.1. The Morgan fingerprint density at radius 2 is 2.11 bits per heavy atom. The summed E-state index contributed by atoms with van der Waals surface area (Å²) in [6, 6.07) is 8.18. The van der Waals surface area contributed by atoms with E-state index in [9.17, 15) is 0 Å². The van der Waals surface area contributed by atoms with Crippen LogP contribution in [0.3, 0.4) is 0 Å². The van der Waals surface area contributed by atoms with Crippen molar-refractivity contribution in [2.75, 3.05) is 44.8 Å². The van der Waals surface area contributed by atoms with E-state index >= 15 is 0 Å². The monoisotopic (exact) mass is 371 g/mol. The summed E-state index contributed by atoms with van der Waals surface area (Å²) in [5, 5.41) is 3.50. The standard InChI is InChI=1S/C20H29N5O2/c1-16-7-13-27-18(16)14-22-20(23-17(2)15-26-3)25-11-9-24(10-12-25)19-6-4-5-8-21-19/h4-8,13,17H,9-12,14-15H2,1-3H3,(H,22,23). The molecule has 1 N–H and O–H groups in total. The van der Waals surface area contributed by atoms with Crippen molar-refractivity contribution >= 4 is 11.8 Å². The molecular formula is C20H29N5O2. The summed E-state index contributed by atoms with van der Waals surface area (Å²) >= 11 is 0. The van der Waals surface area contributed by atoms with E-state index in [1.807, 2.05) is 31.3 Å². The van der Waals surface area contributed by atoms with Crippen molar-refractivity contribution < 1.29 is 9.15 Å². The largest absolute Gasteiger partial charge is 0.467 e. The predicted octanol–water partition coefficient (Wildman–Crippen LogP) is 2.29. The Labute approximate surface area is 161 Å². The number of hydrogen-bond donors (Lipinski definition) is 1. The zero-order valence-electron chi connectivity index (χ0n) is 16.4. The van der Waals surface area contributed by atoms with Gasteiger partial charge in [0.2, 0.25) is 0 Å². The van der Waals surface area contributed by atoms with Crippen LogP contribution in [0, 0.1) is 6.92 Å². The maximum absolute atomic E-state index is 5.53. The van der Waals surface area contributed by atoms with Crippen molar-refractivity contribution in [1.29, 1.82) is 0 Å². The molecule has 3 heterocycles. The molecule has 0 aromatic carbocycles. The minimum absolute atomic E-state index is 0.181. The SMILES string of the molecule is COCC(C)NC(=NCc1occc1C)N1CCN(c2ccccn2)CC1. The second kappa shape index (κ2) is 9.41. The lowest BCUT2D eigenvalue weighted by atomic mass is 10.3. The molecule has 0 aliphatic carbocycles. The van der Waals surface area contributed by atoms with Crippen LogP contribution >= 0.6 is 0 Å². The van der Waals surface area contributed by atoms with Crippen LogP contribution in [-0.2, 0) is 11.3 Å². The molecule has 2 aromatic heterocycles. The summed E-state index contributed by atoms with van der Waals surface area (Å²) in [5.41, 5.74) is 1.13. The third-order valence-electron chi connectivity index (χ3n) is 4.69. The van der Waals surface area contributed by atoms with Crippen LogP contribution in [0.2, 0.25) is 0 Å². The van der Waals surface area contributed by atoms with Gasteiger partial charge in [-0.3, -0.25) is 0 Å². The predicted molar refractivity (Wildman–Crippen MR) is 107 cm³/mol. The van der Waals surface area contributed by atoms with Gasteiger partial charge in [0.15, 0.2) is 5.96 Å². The maximum Gasteiger partial charge on any atom is 0.194 e. The smallest absolute Gasteiger partial charge is 0.194 e. The van der Waals surface area contributed by atoms with E-state index in [0.717, 1.165) is 49.3 Å². The number of methoxy groups -OCH3 is 1. The number of guanidine groups is 1.